The molecule has 1 unspecified atom stereocenters. The molecule has 1 amide bonds. The van der Waals surface area contributed by atoms with Gasteiger partial charge in [-0.3, -0.25) is 4.79 Å². The Hall–Kier alpha value is -2.30. The van der Waals surface area contributed by atoms with Gasteiger partial charge in [-0.1, -0.05) is 0 Å². The van der Waals surface area contributed by atoms with Gasteiger partial charge in [0.1, 0.15) is 5.82 Å². The second-order valence-electron chi connectivity index (χ2n) is 4.87. The fourth-order valence-electron chi connectivity index (χ4n) is 2.20. The summed E-state index contributed by atoms with van der Waals surface area (Å²) in [5, 5.41) is 6.05. The SMILES string of the molecule is CNC(=O)c1ccc(NC(C)c2nccn2C)c(C)c1. The smallest absolute Gasteiger partial charge is 0.251 e. The predicted octanol–water partition coefficient (Wildman–Crippen LogP) is 2.26. The molecule has 0 aliphatic heterocycles. The van der Waals surface area contributed by atoms with Gasteiger partial charge in [0, 0.05) is 37.7 Å². The summed E-state index contributed by atoms with van der Waals surface area (Å²) in [6.45, 7) is 4.05. The molecule has 5 nitrogen and oxygen atoms in total. The Bertz CT molecular complexity index is 618. The predicted molar refractivity (Wildman–Crippen MR) is 79.8 cm³/mol. The molecule has 2 rings (SSSR count). The number of rotatable bonds is 4. The van der Waals surface area contributed by atoms with Crippen LogP contribution in [-0.4, -0.2) is 22.5 Å². The lowest BCUT2D eigenvalue weighted by molar-refractivity contribution is 0.0963. The van der Waals surface area contributed by atoms with Crippen LogP contribution in [0.15, 0.2) is 30.6 Å². The van der Waals surface area contributed by atoms with Gasteiger partial charge in [0.25, 0.3) is 5.91 Å². The molecule has 2 aromatic rings. The molecule has 1 heterocycles. The van der Waals surface area contributed by atoms with E-state index in [1.54, 1.807) is 13.2 Å². The molecule has 20 heavy (non-hydrogen) atoms. The molecule has 0 spiro atoms. The zero-order valence-corrected chi connectivity index (χ0v) is 12.3. The Morgan fingerprint density at radius 2 is 2.15 bits per heavy atom. The fourth-order valence-corrected chi connectivity index (χ4v) is 2.20. The van der Waals surface area contributed by atoms with E-state index in [2.05, 4.69) is 22.5 Å². The lowest BCUT2D eigenvalue weighted by Crippen LogP contribution is -2.18. The van der Waals surface area contributed by atoms with Crippen molar-refractivity contribution < 1.29 is 4.79 Å². The zero-order valence-electron chi connectivity index (χ0n) is 12.3. The van der Waals surface area contributed by atoms with Gasteiger partial charge in [0.15, 0.2) is 0 Å². The summed E-state index contributed by atoms with van der Waals surface area (Å²) in [5.74, 6) is 0.900. The first-order chi connectivity index (χ1) is 9.52. The van der Waals surface area contributed by atoms with E-state index in [-0.39, 0.29) is 11.9 Å². The van der Waals surface area contributed by atoms with Crippen molar-refractivity contribution in [2.45, 2.75) is 19.9 Å². The summed E-state index contributed by atoms with van der Waals surface area (Å²) >= 11 is 0. The minimum Gasteiger partial charge on any atom is -0.375 e. The highest BCUT2D eigenvalue weighted by Gasteiger charge is 2.12. The van der Waals surface area contributed by atoms with Crippen LogP contribution in [-0.2, 0) is 7.05 Å². The quantitative estimate of drug-likeness (QED) is 0.897. The normalized spacial score (nSPS) is 12.0. The number of aryl methyl sites for hydroxylation is 2. The molecule has 0 saturated heterocycles. The molecule has 0 aliphatic rings. The third-order valence-electron chi connectivity index (χ3n) is 3.33. The number of carbonyl (C=O) groups is 1. The van der Waals surface area contributed by atoms with E-state index in [1.807, 2.05) is 42.9 Å². The van der Waals surface area contributed by atoms with Gasteiger partial charge < -0.3 is 15.2 Å². The van der Waals surface area contributed by atoms with Crippen LogP contribution in [0.3, 0.4) is 0 Å². The number of hydrogen-bond donors (Lipinski definition) is 2. The van der Waals surface area contributed by atoms with Crippen LogP contribution in [0.4, 0.5) is 5.69 Å². The van der Waals surface area contributed by atoms with Crippen LogP contribution < -0.4 is 10.6 Å². The first-order valence-corrected chi connectivity index (χ1v) is 6.59. The molecule has 0 bridgehead atoms. The molecule has 0 radical (unpaired) electrons. The number of carbonyl (C=O) groups excluding carboxylic acids is 1. The van der Waals surface area contributed by atoms with E-state index in [9.17, 15) is 4.79 Å². The van der Waals surface area contributed by atoms with E-state index in [1.165, 1.54) is 0 Å². The maximum atomic E-state index is 11.6. The lowest BCUT2D eigenvalue weighted by atomic mass is 10.1. The molecule has 1 atom stereocenters. The molecule has 2 N–H and O–H groups in total. The number of nitrogens with zero attached hydrogens (tertiary/aromatic N) is 2. The minimum atomic E-state index is -0.0724. The zero-order chi connectivity index (χ0) is 14.7. The average molecular weight is 272 g/mol. The van der Waals surface area contributed by atoms with Crippen LogP contribution in [0.25, 0.3) is 0 Å². The van der Waals surface area contributed by atoms with E-state index >= 15 is 0 Å². The number of anilines is 1. The summed E-state index contributed by atoms with van der Waals surface area (Å²) < 4.78 is 1.99. The summed E-state index contributed by atoms with van der Waals surface area (Å²) in [5.41, 5.74) is 2.71. The minimum absolute atomic E-state index is 0.0724. The summed E-state index contributed by atoms with van der Waals surface area (Å²) in [7, 11) is 3.61. The van der Waals surface area contributed by atoms with Crippen LogP contribution >= 0.6 is 0 Å². The number of amides is 1. The Labute approximate surface area is 119 Å². The number of imidazole rings is 1. The summed E-state index contributed by atoms with van der Waals surface area (Å²) in [6, 6.07) is 5.73. The van der Waals surface area contributed by atoms with Gasteiger partial charge >= 0.3 is 0 Å². The van der Waals surface area contributed by atoms with Crippen LogP contribution in [0.5, 0.6) is 0 Å². The lowest BCUT2D eigenvalue weighted by Gasteiger charge is -2.17. The van der Waals surface area contributed by atoms with Gasteiger partial charge in [-0.25, -0.2) is 4.98 Å². The largest absolute Gasteiger partial charge is 0.375 e. The van der Waals surface area contributed by atoms with Gasteiger partial charge in [-0.05, 0) is 37.6 Å². The van der Waals surface area contributed by atoms with E-state index in [0.29, 0.717) is 5.56 Å². The number of aromatic nitrogens is 2. The second kappa shape index (κ2) is 5.77. The number of nitrogens with one attached hydrogen (secondary N) is 2. The maximum absolute atomic E-state index is 11.6. The standard InChI is InChI=1S/C15H20N4O/c1-10-9-12(15(20)16-3)5-6-13(10)18-11(2)14-17-7-8-19(14)4/h5-9,11,18H,1-4H3,(H,16,20). The number of hydrogen-bond acceptors (Lipinski definition) is 3. The summed E-state index contributed by atoms with van der Waals surface area (Å²) in [6.07, 6.45) is 3.71. The van der Waals surface area contributed by atoms with Crippen molar-refractivity contribution in [1.29, 1.82) is 0 Å². The maximum Gasteiger partial charge on any atom is 0.251 e. The van der Waals surface area contributed by atoms with Gasteiger partial charge in [0.2, 0.25) is 0 Å². The van der Waals surface area contributed by atoms with Gasteiger partial charge in [-0.2, -0.15) is 0 Å². The van der Waals surface area contributed by atoms with E-state index in [0.717, 1.165) is 17.1 Å². The van der Waals surface area contributed by atoms with Crippen molar-refractivity contribution in [2.75, 3.05) is 12.4 Å². The first kappa shape index (κ1) is 14.1. The van der Waals surface area contributed by atoms with Crippen molar-refractivity contribution in [1.82, 2.24) is 14.9 Å². The Morgan fingerprint density at radius 3 is 2.70 bits per heavy atom. The van der Waals surface area contributed by atoms with Crippen molar-refractivity contribution in [3.63, 3.8) is 0 Å². The first-order valence-electron chi connectivity index (χ1n) is 6.59. The van der Waals surface area contributed by atoms with Crippen LogP contribution in [0.1, 0.15) is 34.7 Å². The summed E-state index contributed by atoms with van der Waals surface area (Å²) in [4.78, 5) is 15.9. The molecule has 0 aliphatic carbocycles. The molecule has 5 heteroatoms. The number of benzene rings is 1. The molecular weight excluding hydrogens is 252 g/mol. The van der Waals surface area contributed by atoms with Crippen molar-refractivity contribution in [3.8, 4) is 0 Å². The van der Waals surface area contributed by atoms with Crippen LogP contribution in [0, 0.1) is 6.92 Å². The molecule has 0 fully saturated rings. The van der Waals surface area contributed by atoms with E-state index < -0.39 is 0 Å². The highest BCUT2D eigenvalue weighted by Crippen LogP contribution is 2.22. The monoisotopic (exact) mass is 272 g/mol. The highest BCUT2D eigenvalue weighted by molar-refractivity contribution is 5.94. The third kappa shape index (κ3) is 2.82. The molecule has 1 aromatic heterocycles. The van der Waals surface area contributed by atoms with Gasteiger partial charge in [0.05, 0.1) is 6.04 Å². The Morgan fingerprint density at radius 1 is 1.40 bits per heavy atom. The second-order valence-corrected chi connectivity index (χ2v) is 4.87. The molecule has 1 aromatic carbocycles. The molecule has 106 valence electrons. The molecule has 0 saturated carbocycles. The van der Waals surface area contributed by atoms with Crippen molar-refractivity contribution in [3.05, 3.63) is 47.5 Å². The topological polar surface area (TPSA) is 59.0 Å². The van der Waals surface area contributed by atoms with Crippen molar-refractivity contribution in [2.24, 2.45) is 7.05 Å². The van der Waals surface area contributed by atoms with Gasteiger partial charge in [-0.15, -0.1) is 0 Å². The van der Waals surface area contributed by atoms with Crippen LogP contribution in [0.2, 0.25) is 0 Å². The van der Waals surface area contributed by atoms with Crippen molar-refractivity contribution >= 4 is 11.6 Å². The Kier molecular flexibility index (Phi) is 4.08. The molecular formula is C15H20N4O. The Balaban J connectivity index is 2.18. The van der Waals surface area contributed by atoms with E-state index in [4.69, 9.17) is 0 Å². The third-order valence-corrected chi connectivity index (χ3v) is 3.33. The fraction of sp³-hybridized carbons (Fsp3) is 0.333. The highest BCUT2D eigenvalue weighted by atomic mass is 16.1. The average Bonchev–Trinajstić information content (AvgIpc) is 2.86.